The van der Waals surface area contributed by atoms with Crippen molar-refractivity contribution in [3.8, 4) is 17.3 Å². The average molecular weight is 571 g/mol. The standard InChI is InChI=1S/C30H41BN7O2Si/c1-28(2,3)24-15-25(37(8)36-24)35-27-33-12-11-23(34-27)20-13-21(16-32)26-22(14-20)30(7,17-38(26)31-19-39)18-40-41(9,10)29(4,5)6/h11-15,19H,17-18H2,1-10H3,(H,33,34,35). The minimum absolute atomic E-state index is 0.0605. The summed E-state index contributed by atoms with van der Waals surface area (Å²) in [4.78, 5) is 22.7. The second-order valence-electron chi connectivity index (χ2n) is 13.7. The third-order valence-corrected chi connectivity index (χ3v) is 12.8. The quantitative estimate of drug-likeness (QED) is 0.272. The number of carbonyl (C=O) groups is 1. The molecular formula is C30H41BN7O2Si. The van der Waals surface area contributed by atoms with Gasteiger partial charge in [0.15, 0.2) is 8.32 Å². The van der Waals surface area contributed by atoms with Crippen molar-refractivity contribution in [3.05, 3.63) is 47.3 Å². The minimum atomic E-state index is -2.04. The van der Waals surface area contributed by atoms with E-state index in [0.717, 1.165) is 34.5 Å². The lowest BCUT2D eigenvalue weighted by Gasteiger charge is -2.39. The molecule has 41 heavy (non-hydrogen) atoms. The fourth-order valence-electron chi connectivity index (χ4n) is 4.70. The van der Waals surface area contributed by atoms with Crippen LogP contribution >= 0.6 is 0 Å². The fraction of sp³-hybridized carbons (Fsp3) is 0.500. The Labute approximate surface area is 245 Å². The second-order valence-corrected chi connectivity index (χ2v) is 18.5. The molecule has 1 unspecified atom stereocenters. The number of nitriles is 1. The van der Waals surface area contributed by atoms with Gasteiger partial charge in [-0.3, -0.25) is 4.68 Å². The van der Waals surface area contributed by atoms with Gasteiger partial charge in [-0.25, -0.2) is 9.97 Å². The SMILES string of the molecule is Cn1nc(C(C)(C)C)cc1Nc1nccc(-c2cc(C#N)c3c(c2)C(C)(CO[Si](C)(C)C(C)(C)C)CN3[B]C=O)n1. The van der Waals surface area contributed by atoms with Crippen LogP contribution in [-0.4, -0.2) is 54.8 Å². The van der Waals surface area contributed by atoms with Crippen LogP contribution in [0.15, 0.2) is 30.5 Å². The first kappa shape index (κ1) is 30.5. The van der Waals surface area contributed by atoms with Crippen molar-refractivity contribution < 1.29 is 9.22 Å². The van der Waals surface area contributed by atoms with Crippen LogP contribution in [-0.2, 0) is 27.1 Å². The van der Waals surface area contributed by atoms with Gasteiger partial charge in [-0.15, -0.1) is 0 Å². The van der Waals surface area contributed by atoms with Gasteiger partial charge in [0.2, 0.25) is 5.95 Å². The lowest BCUT2D eigenvalue weighted by Crippen LogP contribution is -2.46. The van der Waals surface area contributed by atoms with E-state index in [-0.39, 0.29) is 10.5 Å². The number of hydrogen-bond donors (Lipinski definition) is 1. The molecule has 1 N–H and O–H groups in total. The maximum absolute atomic E-state index is 11.6. The summed E-state index contributed by atoms with van der Waals surface area (Å²) in [7, 11) is 1.35. The lowest BCUT2D eigenvalue weighted by molar-refractivity contribution is 0.219. The monoisotopic (exact) mass is 570 g/mol. The van der Waals surface area contributed by atoms with E-state index in [1.54, 1.807) is 10.9 Å². The summed E-state index contributed by atoms with van der Waals surface area (Å²) in [5.74, 6) is 1.22. The molecule has 0 saturated heterocycles. The maximum atomic E-state index is 11.6. The Balaban J connectivity index is 1.74. The van der Waals surface area contributed by atoms with Crippen molar-refractivity contribution in [1.29, 1.82) is 5.26 Å². The number of carbonyl (C=O) groups excluding carboxylic acids is 1. The Morgan fingerprint density at radius 1 is 1.22 bits per heavy atom. The first-order valence-electron chi connectivity index (χ1n) is 13.9. The number of fused-ring (bicyclic) bond motifs is 1. The highest BCUT2D eigenvalue weighted by Gasteiger charge is 2.44. The van der Waals surface area contributed by atoms with E-state index < -0.39 is 13.7 Å². The first-order chi connectivity index (χ1) is 19.0. The number of hydrogen-bond acceptors (Lipinski definition) is 8. The normalized spacial score (nSPS) is 17.2. The largest absolute Gasteiger partial charge is 0.416 e. The van der Waals surface area contributed by atoms with Crippen LogP contribution in [0.2, 0.25) is 18.1 Å². The third kappa shape index (κ3) is 6.09. The number of nitrogens with one attached hydrogen (secondary N) is 1. The summed E-state index contributed by atoms with van der Waals surface area (Å²) in [6.45, 7) is 20.7. The van der Waals surface area contributed by atoms with Gasteiger partial charge < -0.3 is 19.3 Å². The molecule has 3 aromatic rings. The van der Waals surface area contributed by atoms with Gasteiger partial charge in [0.25, 0.3) is 0 Å². The van der Waals surface area contributed by atoms with Crippen molar-refractivity contribution in [2.45, 2.75) is 77.4 Å². The molecule has 0 aliphatic carbocycles. The molecule has 9 nitrogen and oxygen atoms in total. The third-order valence-electron chi connectivity index (χ3n) is 8.33. The van der Waals surface area contributed by atoms with E-state index in [1.165, 1.54) is 7.41 Å². The van der Waals surface area contributed by atoms with Crippen LogP contribution in [0.5, 0.6) is 0 Å². The molecule has 0 spiro atoms. The van der Waals surface area contributed by atoms with Gasteiger partial charge in [0, 0.05) is 54.5 Å². The smallest absolute Gasteiger partial charge is 0.329 e. The zero-order valence-corrected chi connectivity index (χ0v) is 27.0. The Morgan fingerprint density at radius 2 is 1.93 bits per heavy atom. The zero-order valence-electron chi connectivity index (χ0n) is 26.0. The number of aromatic nitrogens is 4. The van der Waals surface area contributed by atoms with Gasteiger partial charge in [0.05, 0.1) is 17.0 Å². The molecule has 215 valence electrons. The van der Waals surface area contributed by atoms with Gasteiger partial charge in [-0.05, 0) is 41.9 Å². The number of anilines is 3. The molecule has 0 fully saturated rings. The van der Waals surface area contributed by atoms with Crippen LogP contribution in [0.3, 0.4) is 0 Å². The van der Waals surface area contributed by atoms with Crippen LogP contribution in [0.1, 0.15) is 65.3 Å². The molecule has 0 saturated carbocycles. The Morgan fingerprint density at radius 3 is 2.51 bits per heavy atom. The Bertz CT molecular complexity index is 1500. The molecular weight excluding hydrogens is 529 g/mol. The zero-order chi connectivity index (χ0) is 30.4. The predicted molar refractivity (Wildman–Crippen MR) is 168 cm³/mol. The molecule has 0 bridgehead atoms. The second kappa shape index (κ2) is 10.7. The highest BCUT2D eigenvalue weighted by molar-refractivity contribution is 6.74. The molecule has 1 aliphatic rings. The summed E-state index contributed by atoms with van der Waals surface area (Å²) in [5.41, 5.74) is 4.14. The molecule has 1 aromatic carbocycles. The first-order valence-corrected chi connectivity index (χ1v) is 16.8. The molecule has 1 radical (unpaired) electrons. The summed E-state index contributed by atoms with van der Waals surface area (Å²) in [6, 6.07) is 10.1. The topological polar surface area (TPSA) is 109 Å². The van der Waals surface area contributed by atoms with Crippen LogP contribution in [0.25, 0.3) is 11.3 Å². The van der Waals surface area contributed by atoms with Gasteiger partial charge in [-0.2, -0.15) is 10.4 Å². The molecule has 0 amide bonds. The molecule has 11 heteroatoms. The van der Waals surface area contributed by atoms with Gasteiger partial charge in [0.1, 0.15) is 18.1 Å². The molecule has 3 heterocycles. The highest BCUT2D eigenvalue weighted by atomic mass is 28.4. The average Bonchev–Trinajstić information content (AvgIpc) is 3.39. The van der Waals surface area contributed by atoms with Gasteiger partial charge in [-0.1, -0.05) is 48.5 Å². The van der Waals surface area contributed by atoms with Gasteiger partial charge >= 0.3 is 7.41 Å². The summed E-state index contributed by atoms with van der Waals surface area (Å²) < 4.78 is 8.47. The summed E-state index contributed by atoms with van der Waals surface area (Å²) >= 11 is 0. The summed E-state index contributed by atoms with van der Waals surface area (Å²) in [5, 5.41) is 18.2. The number of nitrogens with zero attached hydrogens (tertiary/aromatic N) is 6. The molecule has 1 aliphatic heterocycles. The van der Waals surface area contributed by atoms with Crippen molar-refractivity contribution >= 4 is 39.4 Å². The van der Waals surface area contributed by atoms with E-state index in [9.17, 15) is 10.1 Å². The van der Waals surface area contributed by atoms with E-state index >= 15 is 0 Å². The number of rotatable bonds is 8. The number of aryl methyl sites for hydroxylation is 1. The van der Waals surface area contributed by atoms with Crippen molar-refractivity contribution in [2.24, 2.45) is 7.05 Å². The van der Waals surface area contributed by atoms with Crippen LogP contribution < -0.4 is 10.1 Å². The predicted octanol–water partition coefficient (Wildman–Crippen LogP) is 5.70. The van der Waals surface area contributed by atoms with Crippen molar-refractivity contribution in [2.75, 3.05) is 23.3 Å². The Kier molecular flexibility index (Phi) is 7.97. The van der Waals surface area contributed by atoms with Crippen LogP contribution in [0.4, 0.5) is 17.5 Å². The maximum Gasteiger partial charge on any atom is 0.329 e. The van der Waals surface area contributed by atoms with E-state index in [2.05, 4.69) is 89.1 Å². The van der Waals surface area contributed by atoms with E-state index in [1.807, 2.05) is 30.1 Å². The highest BCUT2D eigenvalue weighted by Crippen LogP contribution is 2.46. The molecule has 2 aromatic heterocycles. The van der Waals surface area contributed by atoms with E-state index in [0.29, 0.717) is 30.4 Å². The minimum Gasteiger partial charge on any atom is -0.416 e. The van der Waals surface area contributed by atoms with Crippen molar-refractivity contribution in [3.63, 3.8) is 0 Å². The van der Waals surface area contributed by atoms with Crippen molar-refractivity contribution in [1.82, 2.24) is 19.7 Å². The number of benzene rings is 1. The lowest BCUT2D eigenvalue weighted by atomic mass is 9.83. The van der Waals surface area contributed by atoms with E-state index in [4.69, 9.17) is 9.41 Å². The molecule has 4 rings (SSSR count). The molecule has 1 atom stereocenters. The fourth-order valence-corrected chi connectivity index (χ4v) is 5.82. The summed E-state index contributed by atoms with van der Waals surface area (Å²) in [6.07, 6.45) is 2.47. The Hall–Kier alpha value is -3.49. The van der Waals surface area contributed by atoms with Crippen LogP contribution in [0, 0.1) is 11.3 Å².